The van der Waals surface area contributed by atoms with Crippen molar-refractivity contribution in [3.63, 3.8) is 0 Å². The van der Waals surface area contributed by atoms with Gasteiger partial charge in [-0.05, 0) is 29.8 Å². The van der Waals surface area contributed by atoms with Gasteiger partial charge in [0, 0.05) is 29.6 Å². The molecule has 24 heavy (non-hydrogen) atoms. The Morgan fingerprint density at radius 2 is 2.00 bits per heavy atom. The minimum absolute atomic E-state index is 0.00231. The Morgan fingerprint density at radius 1 is 1.17 bits per heavy atom. The van der Waals surface area contributed by atoms with E-state index in [4.69, 9.17) is 11.6 Å². The Bertz CT molecular complexity index is 803. The zero-order valence-corrected chi connectivity index (χ0v) is 14.5. The summed E-state index contributed by atoms with van der Waals surface area (Å²) in [5.74, 6) is -0.00231. The number of hydrogen-bond donors (Lipinski definition) is 1. The van der Waals surface area contributed by atoms with Gasteiger partial charge in [0.05, 0.1) is 17.8 Å². The van der Waals surface area contributed by atoms with Gasteiger partial charge in [-0.15, -0.1) is 11.3 Å². The van der Waals surface area contributed by atoms with Gasteiger partial charge in [-0.2, -0.15) is 0 Å². The van der Waals surface area contributed by atoms with E-state index in [0.29, 0.717) is 24.4 Å². The van der Waals surface area contributed by atoms with Gasteiger partial charge in [0.25, 0.3) is 0 Å². The van der Waals surface area contributed by atoms with Crippen molar-refractivity contribution in [1.82, 2.24) is 15.3 Å². The zero-order chi connectivity index (χ0) is 16.8. The number of halogens is 1. The third kappa shape index (κ3) is 4.63. The molecule has 0 aliphatic heterocycles. The fourth-order valence-corrected chi connectivity index (χ4v) is 3.16. The Balaban J connectivity index is 1.47. The van der Waals surface area contributed by atoms with Crippen molar-refractivity contribution in [2.24, 2.45) is 0 Å². The molecule has 2 heterocycles. The quantitative estimate of drug-likeness (QED) is 0.730. The molecular weight excluding hydrogens is 342 g/mol. The molecule has 2 aromatic heterocycles. The molecule has 0 radical (unpaired) electrons. The maximum Gasteiger partial charge on any atom is 0.224 e. The van der Waals surface area contributed by atoms with Crippen LogP contribution in [0.2, 0.25) is 5.02 Å². The molecule has 1 N–H and O–H groups in total. The Hall–Kier alpha value is -2.24. The number of thiazole rings is 1. The molecule has 0 fully saturated rings. The number of hydrogen-bond acceptors (Lipinski definition) is 4. The van der Waals surface area contributed by atoms with Crippen LogP contribution in [0.5, 0.6) is 0 Å². The standard InChI is InChI=1S/C18H16ClN3OS/c19-14-6-4-13(5-7-14)11-17(23)21-10-8-15-12-24-18(22-15)16-3-1-2-9-20-16/h1-7,9,12H,8,10-11H2,(H,21,23). The lowest BCUT2D eigenvalue weighted by molar-refractivity contribution is -0.120. The Kier molecular flexibility index (Phi) is 5.56. The van der Waals surface area contributed by atoms with E-state index in [1.807, 2.05) is 35.7 Å². The van der Waals surface area contributed by atoms with Crippen molar-refractivity contribution in [2.45, 2.75) is 12.8 Å². The van der Waals surface area contributed by atoms with E-state index >= 15 is 0 Å². The van der Waals surface area contributed by atoms with Gasteiger partial charge in [0.1, 0.15) is 5.01 Å². The number of carbonyl (C=O) groups is 1. The predicted octanol–water partition coefficient (Wildman–Crippen LogP) is 3.76. The van der Waals surface area contributed by atoms with E-state index in [2.05, 4.69) is 15.3 Å². The average Bonchev–Trinajstić information content (AvgIpc) is 3.07. The van der Waals surface area contributed by atoms with Gasteiger partial charge in [-0.3, -0.25) is 9.78 Å². The summed E-state index contributed by atoms with van der Waals surface area (Å²) in [6, 6.07) is 13.1. The molecule has 0 atom stereocenters. The molecule has 6 heteroatoms. The van der Waals surface area contributed by atoms with Crippen LogP contribution >= 0.6 is 22.9 Å². The number of pyridine rings is 1. The van der Waals surface area contributed by atoms with Crippen molar-refractivity contribution in [2.75, 3.05) is 6.54 Å². The molecule has 0 aliphatic carbocycles. The fourth-order valence-electron chi connectivity index (χ4n) is 2.21. The number of aromatic nitrogens is 2. The summed E-state index contributed by atoms with van der Waals surface area (Å²) in [5.41, 5.74) is 2.79. The van der Waals surface area contributed by atoms with Crippen LogP contribution in [0.25, 0.3) is 10.7 Å². The first-order valence-electron chi connectivity index (χ1n) is 7.57. The molecule has 0 aliphatic rings. The topological polar surface area (TPSA) is 54.9 Å². The molecule has 0 unspecified atom stereocenters. The van der Waals surface area contributed by atoms with Crippen molar-refractivity contribution in [3.8, 4) is 10.7 Å². The molecule has 0 saturated heterocycles. The largest absolute Gasteiger partial charge is 0.355 e. The van der Waals surface area contributed by atoms with Crippen LogP contribution in [-0.2, 0) is 17.6 Å². The monoisotopic (exact) mass is 357 g/mol. The van der Waals surface area contributed by atoms with Gasteiger partial charge in [0.2, 0.25) is 5.91 Å². The molecular formula is C18H16ClN3OS. The minimum atomic E-state index is -0.00231. The number of nitrogens with one attached hydrogen (secondary N) is 1. The highest BCUT2D eigenvalue weighted by atomic mass is 35.5. The third-order valence-electron chi connectivity index (χ3n) is 3.42. The summed E-state index contributed by atoms with van der Waals surface area (Å²) in [6.07, 6.45) is 2.82. The minimum Gasteiger partial charge on any atom is -0.355 e. The first-order chi connectivity index (χ1) is 11.7. The Morgan fingerprint density at radius 3 is 2.75 bits per heavy atom. The lowest BCUT2D eigenvalue weighted by atomic mass is 10.1. The molecule has 3 aromatic rings. The predicted molar refractivity (Wildman–Crippen MR) is 97.2 cm³/mol. The molecule has 4 nitrogen and oxygen atoms in total. The number of benzene rings is 1. The second kappa shape index (κ2) is 8.04. The van der Waals surface area contributed by atoms with Crippen LogP contribution in [0.4, 0.5) is 0 Å². The van der Waals surface area contributed by atoms with Crippen LogP contribution in [0.1, 0.15) is 11.3 Å². The van der Waals surface area contributed by atoms with Gasteiger partial charge < -0.3 is 5.32 Å². The summed E-state index contributed by atoms with van der Waals surface area (Å²) >= 11 is 7.40. The van der Waals surface area contributed by atoms with Crippen molar-refractivity contribution in [3.05, 3.63) is 70.3 Å². The smallest absolute Gasteiger partial charge is 0.224 e. The second-order valence-electron chi connectivity index (χ2n) is 5.26. The lowest BCUT2D eigenvalue weighted by Gasteiger charge is -2.04. The fraction of sp³-hybridized carbons (Fsp3) is 0.167. The van der Waals surface area contributed by atoms with Crippen LogP contribution in [0, 0.1) is 0 Å². The molecule has 1 amide bonds. The van der Waals surface area contributed by atoms with Crippen LogP contribution in [0.15, 0.2) is 54.0 Å². The van der Waals surface area contributed by atoms with Gasteiger partial charge in [0.15, 0.2) is 0 Å². The maximum absolute atomic E-state index is 11.9. The summed E-state index contributed by atoms with van der Waals surface area (Å²) in [4.78, 5) is 20.8. The van der Waals surface area contributed by atoms with Crippen LogP contribution < -0.4 is 5.32 Å². The summed E-state index contributed by atoms with van der Waals surface area (Å²) in [7, 11) is 0. The highest BCUT2D eigenvalue weighted by molar-refractivity contribution is 7.13. The van der Waals surface area contributed by atoms with E-state index in [-0.39, 0.29) is 5.91 Å². The highest BCUT2D eigenvalue weighted by Crippen LogP contribution is 2.21. The SMILES string of the molecule is O=C(Cc1ccc(Cl)cc1)NCCc1csc(-c2ccccn2)n1. The molecule has 3 rings (SSSR count). The molecule has 0 saturated carbocycles. The van der Waals surface area contributed by atoms with Crippen molar-refractivity contribution in [1.29, 1.82) is 0 Å². The van der Waals surface area contributed by atoms with E-state index < -0.39 is 0 Å². The van der Waals surface area contributed by atoms with Crippen LogP contribution in [0.3, 0.4) is 0 Å². The van der Waals surface area contributed by atoms with E-state index in [1.54, 1.807) is 29.7 Å². The second-order valence-corrected chi connectivity index (χ2v) is 6.56. The molecule has 0 bridgehead atoms. The van der Waals surface area contributed by atoms with Crippen LogP contribution in [-0.4, -0.2) is 22.4 Å². The molecule has 0 spiro atoms. The Labute approximate surface area is 149 Å². The normalized spacial score (nSPS) is 10.5. The van der Waals surface area contributed by atoms with E-state index in [0.717, 1.165) is 22.0 Å². The number of carbonyl (C=O) groups excluding carboxylic acids is 1. The molecule has 1 aromatic carbocycles. The highest BCUT2D eigenvalue weighted by Gasteiger charge is 2.07. The van der Waals surface area contributed by atoms with Crippen molar-refractivity contribution >= 4 is 28.8 Å². The van der Waals surface area contributed by atoms with Gasteiger partial charge in [-0.25, -0.2) is 4.98 Å². The lowest BCUT2D eigenvalue weighted by Crippen LogP contribution is -2.27. The summed E-state index contributed by atoms with van der Waals surface area (Å²) in [6.45, 7) is 0.567. The summed E-state index contributed by atoms with van der Waals surface area (Å²) in [5, 5.41) is 6.50. The van der Waals surface area contributed by atoms with E-state index in [9.17, 15) is 4.79 Å². The first-order valence-corrected chi connectivity index (χ1v) is 8.83. The zero-order valence-electron chi connectivity index (χ0n) is 12.9. The molecule has 122 valence electrons. The number of nitrogens with zero attached hydrogens (tertiary/aromatic N) is 2. The van der Waals surface area contributed by atoms with Crippen molar-refractivity contribution < 1.29 is 4.79 Å². The third-order valence-corrected chi connectivity index (χ3v) is 4.58. The maximum atomic E-state index is 11.9. The first kappa shape index (κ1) is 16.6. The number of rotatable bonds is 6. The van der Waals surface area contributed by atoms with Gasteiger partial charge >= 0.3 is 0 Å². The summed E-state index contributed by atoms with van der Waals surface area (Å²) < 4.78 is 0. The number of amides is 1. The van der Waals surface area contributed by atoms with E-state index in [1.165, 1.54) is 0 Å². The van der Waals surface area contributed by atoms with Gasteiger partial charge in [-0.1, -0.05) is 29.8 Å². The average molecular weight is 358 g/mol.